The second-order valence-corrected chi connectivity index (χ2v) is 9.32. The van der Waals surface area contributed by atoms with Crippen LogP contribution in [0.25, 0.3) is 0 Å². The van der Waals surface area contributed by atoms with Crippen molar-refractivity contribution >= 4 is 17.9 Å². The zero-order chi connectivity index (χ0) is 26.3. The largest absolute Gasteiger partial charge is 0.453 e. The molecule has 4 aliphatic rings. The Morgan fingerprint density at radius 1 is 0.526 bits per heavy atom. The predicted molar refractivity (Wildman–Crippen MR) is 130 cm³/mol. The van der Waals surface area contributed by atoms with E-state index < -0.39 is 60.5 Å². The molecule has 0 unspecified atom stereocenters. The van der Waals surface area contributed by atoms with Crippen molar-refractivity contribution in [2.75, 3.05) is 0 Å². The van der Waals surface area contributed by atoms with Crippen molar-refractivity contribution in [3.8, 4) is 0 Å². The van der Waals surface area contributed by atoms with E-state index in [1.165, 1.54) is 0 Å². The molecule has 9 nitrogen and oxygen atoms in total. The molecule has 3 aliphatic heterocycles. The Morgan fingerprint density at radius 3 is 1.05 bits per heavy atom. The molecule has 0 amide bonds. The molecule has 0 radical (unpaired) electrons. The van der Waals surface area contributed by atoms with Crippen LogP contribution in [-0.4, -0.2) is 60.5 Å². The Balaban J connectivity index is 1.33. The molecule has 9 heteroatoms. The maximum atomic E-state index is 13.0. The molecule has 3 aromatic carbocycles. The lowest BCUT2D eigenvalue weighted by Gasteiger charge is -2.60. The Labute approximate surface area is 218 Å². The van der Waals surface area contributed by atoms with Crippen LogP contribution in [0.3, 0.4) is 0 Å². The van der Waals surface area contributed by atoms with Crippen LogP contribution in [0, 0.1) is 0 Å². The summed E-state index contributed by atoms with van der Waals surface area (Å²) in [4.78, 5) is 39.1. The lowest BCUT2D eigenvalue weighted by Crippen LogP contribution is -2.79. The normalized spacial score (nSPS) is 30.9. The topological polar surface area (TPSA) is 107 Å². The van der Waals surface area contributed by atoms with Crippen LogP contribution in [0.1, 0.15) is 38.0 Å². The zero-order valence-electron chi connectivity index (χ0n) is 20.3. The summed E-state index contributed by atoms with van der Waals surface area (Å²) in [6.07, 6.45) is -5.95. The fourth-order valence-corrected chi connectivity index (χ4v) is 5.05. The number of ether oxygens (including phenoxy) is 6. The number of hydrogen-bond acceptors (Lipinski definition) is 9. The predicted octanol–water partition coefficient (Wildman–Crippen LogP) is 3.53. The molecule has 38 heavy (non-hydrogen) atoms. The molecule has 1 aliphatic carbocycles. The number of carbonyl (C=O) groups excluding carboxylic acids is 3. The number of benzene rings is 3. The van der Waals surface area contributed by atoms with Gasteiger partial charge in [0, 0.05) is 6.92 Å². The average molecular weight is 517 g/mol. The van der Waals surface area contributed by atoms with Gasteiger partial charge in [-0.2, -0.15) is 0 Å². The lowest BCUT2D eigenvalue weighted by molar-refractivity contribution is -0.529. The highest BCUT2D eigenvalue weighted by atomic mass is 16.9. The molecule has 0 spiro atoms. The first-order valence-electron chi connectivity index (χ1n) is 12.2. The van der Waals surface area contributed by atoms with Crippen molar-refractivity contribution in [1.82, 2.24) is 0 Å². The minimum Gasteiger partial charge on any atom is -0.453 e. The number of rotatable bonds is 6. The second-order valence-electron chi connectivity index (χ2n) is 9.32. The Hall–Kier alpha value is -4.05. The van der Waals surface area contributed by atoms with E-state index in [-0.39, 0.29) is 0 Å². The maximum absolute atomic E-state index is 13.0. The number of carbonyl (C=O) groups is 3. The number of hydrogen-bond donors (Lipinski definition) is 0. The fraction of sp³-hybridized carbons (Fsp3) is 0.276. The summed E-state index contributed by atoms with van der Waals surface area (Å²) in [5.41, 5.74) is 0.957. The van der Waals surface area contributed by atoms with E-state index in [1.807, 2.05) is 0 Å². The highest BCUT2D eigenvalue weighted by Gasteiger charge is 2.69. The van der Waals surface area contributed by atoms with E-state index in [2.05, 4.69) is 0 Å². The zero-order valence-corrected chi connectivity index (χ0v) is 20.3. The minimum atomic E-state index is -1.50. The molecule has 1 saturated carbocycles. The van der Waals surface area contributed by atoms with Crippen molar-refractivity contribution in [3.05, 3.63) is 108 Å². The first kappa shape index (κ1) is 24.3. The Morgan fingerprint density at radius 2 is 0.789 bits per heavy atom. The molecule has 3 heterocycles. The third-order valence-corrected chi connectivity index (χ3v) is 6.75. The summed E-state index contributed by atoms with van der Waals surface area (Å²) in [7, 11) is 0. The molecule has 0 N–H and O–H groups in total. The van der Waals surface area contributed by atoms with E-state index >= 15 is 0 Å². The van der Waals surface area contributed by atoms with Crippen LogP contribution in [0.4, 0.5) is 0 Å². The van der Waals surface area contributed by atoms with Gasteiger partial charge in [-0.15, -0.1) is 0 Å². The highest BCUT2D eigenvalue weighted by Crippen LogP contribution is 2.48. The van der Waals surface area contributed by atoms with Gasteiger partial charge in [-0.05, 0) is 36.4 Å². The Kier molecular flexibility index (Phi) is 6.19. The van der Waals surface area contributed by atoms with E-state index in [0.29, 0.717) is 16.7 Å². The van der Waals surface area contributed by atoms with Crippen LogP contribution in [0.5, 0.6) is 0 Å². The van der Waals surface area contributed by atoms with Gasteiger partial charge in [0.05, 0.1) is 16.7 Å². The summed E-state index contributed by atoms with van der Waals surface area (Å²) >= 11 is 0. The molecule has 3 aromatic rings. The van der Waals surface area contributed by atoms with Crippen LogP contribution in [-0.2, 0) is 28.4 Å². The molecule has 0 atom stereocenters. The van der Waals surface area contributed by atoms with Crippen LogP contribution in [0.2, 0.25) is 0 Å². The van der Waals surface area contributed by atoms with Gasteiger partial charge in [-0.25, -0.2) is 14.4 Å². The minimum absolute atomic E-state index is 0.319. The molecule has 0 aromatic heterocycles. The van der Waals surface area contributed by atoms with Gasteiger partial charge in [-0.3, -0.25) is 0 Å². The number of esters is 3. The molecule has 4 fully saturated rings. The van der Waals surface area contributed by atoms with Gasteiger partial charge >= 0.3 is 17.9 Å². The molecule has 3 saturated heterocycles. The molecule has 4 bridgehead atoms. The van der Waals surface area contributed by atoms with Gasteiger partial charge in [-0.1, -0.05) is 54.6 Å². The van der Waals surface area contributed by atoms with Crippen LogP contribution >= 0.6 is 0 Å². The first-order chi connectivity index (χ1) is 18.4. The summed E-state index contributed by atoms with van der Waals surface area (Å²) in [5.74, 6) is -3.37. The average Bonchev–Trinajstić information content (AvgIpc) is 2.95. The quantitative estimate of drug-likeness (QED) is 0.359. The third kappa shape index (κ3) is 4.45. The molecule has 7 rings (SSSR count). The summed E-state index contributed by atoms with van der Waals surface area (Å²) in [6, 6.07) is 25.3. The van der Waals surface area contributed by atoms with Crippen molar-refractivity contribution < 1.29 is 42.8 Å². The second kappa shape index (κ2) is 9.68. The maximum Gasteiger partial charge on any atom is 0.338 e. The van der Waals surface area contributed by atoms with E-state index in [1.54, 1.807) is 97.9 Å². The molecular weight excluding hydrogens is 492 g/mol. The highest BCUT2D eigenvalue weighted by molar-refractivity contribution is 5.91. The van der Waals surface area contributed by atoms with Crippen molar-refractivity contribution in [3.63, 3.8) is 0 Å². The van der Waals surface area contributed by atoms with E-state index in [4.69, 9.17) is 28.4 Å². The smallest absolute Gasteiger partial charge is 0.338 e. The monoisotopic (exact) mass is 516 g/mol. The summed E-state index contributed by atoms with van der Waals surface area (Å²) in [5, 5.41) is 0. The summed E-state index contributed by atoms with van der Waals surface area (Å²) in [6.45, 7) is 1.57. The fourth-order valence-electron chi connectivity index (χ4n) is 5.05. The van der Waals surface area contributed by atoms with Gasteiger partial charge in [0.25, 0.3) is 5.97 Å². The molecule has 194 valence electrons. The van der Waals surface area contributed by atoms with Crippen molar-refractivity contribution in [1.29, 1.82) is 0 Å². The van der Waals surface area contributed by atoms with E-state index in [0.717, 1.165) is 0 Å². The lowest BCUT2D eigenvalue weighted by atomic mass is 9.81. The van der Waals surface area contributed by atoms with E-state index in [9.17, 15) is 14.4 Å². The first-order valence-corrected chi connectivity index (χ1v) is 12.2. The Bertz CT molecular complexity index is 1150. The van der Waals surface area contributed by atoms with Crippen molar-refractivity contribution in [2.45, 2.75) is 49.5 Å². The molecular formula is C29H24O9. The SMILES string of the molecule is CC12OC3C(OC(=O)c4ccccc4)C(O1)C(OC(=O)c1ccccc1)C(O2)C3OC(=O)c1ccccc1. The van der Waals surface area contributed by atoms with Crippen molar-refractivity contribution in [2.24, 2.45) is 0 Å². The van der Waals surface area contributed by atoms with Crippen LogP contribution < -0.4 is 0 Å². The summed E-state index contributed by atoms with van der Waals surface area (Å²) < 4.78 is 35.6. The van der Waals surface area contributed by atoms with Gasteiger partial charge in [0.15, 0.2) is 18.3 Å². The third-order valence-electron chi connectivity index (χ3n) is 6.75. The van der Waals surface area contributed by atoms with Gasteiger partial charge in [0.1, 0.15) is 18.3 Å². The van der Waals surface area contributed by atoms with Gasteiger partial charge in [0.2, 0.25) is 0 Å². The van der Waals surface area contributed by atoms with Crippen LogP contribution in [0.15, 0.2) is 91.0 Å². The standard InChI is InChI=1S/C29H24O9/c1-29-36-23-20(33-26(30)17-11-5-2-6-12-17)24(37-29)22(35-28(32)19-15-9-4-10-16-19)25(38-29)21(23)34-27(31)18-13-7-3-8-14-18/h2-16,20-25H,1H3. The van der Waals surface area contributed by atoms with Gasteiger partial charge < -0.3 is 28.4 Å².